The van der Waals surface area contributed by atoms with Crippen molar-refractivity contribution in [3.8, 4) is 0 Å². The Hall–Kier alpha value is -1.43. The van der Waals surface area contributed by atoms with Gasteiger partial charge in [-0.25, -0.2) is 0 Å². The van der Waals surface area contributed by atoms with Gasteiger partial charge in [-0.3, -0.25) is 9.69 Å². The predicted molar refractivity (Wildman–Crippen MR) is 135 cm³/mol. The molecule has 4 aliphatic rings. The molecule has 5 heteroatoms. The Morgan fingerprint density at radius 1 is 1.00 bits per heavy atom. The number of carbonyl (C=O) groups excluding carboxylic acids is 1. The van der Waals surface area contributed by atoms with Crippen LogP contribution in [-0.2, 0) is 22.4 Å². The molecule has 1 saturated carbocycles. The van der Waals surface area contributed by atoms with Crippen molar-refractivity contribution < 1.29 is 14.6 Å². The van der Waals surface area contributed by atoms with Crippen molar-refractivity contribution in [2.45, 2.75) is 77.4 Å². The van der Waals surface area contributed by atoms with E-state index in [1.165, 1.54) is 24.0 Å². The van der Waals surface area contributed by atoms with Crippen molar-refractivity contribution in [3.63, 3.8) is 0 Å². The van der Waals surface area contributed by atoms with Gasteiger partial charge in [0.25, 0.3) is 0 Å². The van der Waals surface area contributed by atoms with Gasteiger partial charge in [0.05, 0.1) is 12.7 Å². The van der Waals surface area contributed by atoms with Crippen LogP contribution in [0.5, 0.6) is 0 Å². The summed E-state index contributed by atoms with van der Waals surface area (Å²) in [6.07, 6.45) is 8.12. The standard InChI is InChI=1S/C29H44N2O3/c1-29(2)20-34-13-5-8-25-18-30(26-14-22-6-3-4-7-23(22)15-26)12-11-24(25)16-28(33)31(19-27(29)32)17-21-9-10-21/h3-4,6-7,21,24-27,32H,5,8-20H2,1-2H3/t24-,25-,27-/m0/s1. The Bertz CT molecular complexity index is 827. The van der Waals surface area contributed by atoms with Crippen molar-refractivity contribution >= 4 is 5.91 Å². The van der Waals surface area contributed by atoms with Gasteiger partial charge < -0.3 is 14.7 Å². The maximum atomic E-state index is 13.5. The van der Waals surface area contributed by atoms with E-state index in [1.54, 1.807) is 0 Å². The first kappa shape index (κ1) is 24.3. The maximum absolute atomic E-state index is 13.5. The molecular formula is C29H44N2O3. The molecule has 1 N–H and O–H groups in total. The lowest BCUT2D eigenvalue weighted by atomic mass is 9.79. The molecule has 0 unspecified atom stereocenters. The lowest BCUT2D eigenvalue weighted by molar-refractivity contribution is -0.136. The van der Waals surface area contributed by atoms with E-state index in [9.17, 15) is 9.90 Å². The number of likely N-dealkylation sites (tertiary alicyclic amines) is 1. The van der Waals surface area contributed by atoms with Crippen LogP contribution in [0.15, 0.2) is 24.3 Å². The Balaban J connectivity index is 1.28. The summed E-state index contributed by atoms with van der Waals surface area (Å²) in [4.78, 5) is 18.3. The lowest BCUT2D eigenvalue weighted by Crippen LogP contribution is -2.49. The van der Waals surface area contributed by atoms with Crippen LogP contribution in [0.3, 0.4) is 0 Å². The van der Waals surface area contributed by atoms with Crippen LogP contribution in [0.25, 0.3) is 0 Å². The largest absolute Gasteiger partial charge is 0.391 e. The molecule has 2 aliphatic carbocycles. The van der Waals surface area contributed by atoms with E-state index in [0.717, 1.165) is 58.3 Å². The predicted octanol–water partition coefficient (Wildman–Crippen LogP) is 3.92. The van der Waals surface area contributed by atoms with E-state index in [-0.39, 0.29) is 11.3 Å². The Labute approximate surface area is 205 Å². The minimum absolute atomic E-state index is 0.263. The molecule has 2 saturated heterocycles. The maximum Gasteiger partial charge on any atom is 0.222 e. The molecule has 3 atom stereocenters. The number of carbonyl (C=O) groups is 1. The van der Waals surface area contributed by atoms with Gasteiger partial charge in [-0.15, -0.1) is 0 Å². The first-order chi connectivity index (χ1) is 16.4. The molecule has 0 bridgehead atoms. The number of aliphatic hydroxyl groups excluding tert-OH is 1. The molecule has 1 aromatic rings. The monoisotopic (exact) mass is 468 g/mol. The SMILES string of the molecule is CC1(C)COCCC[C@H]2CN(C3Cc4ccccc4C3)CC[C@H]2CC(=O)N(CC2CC2)C[C@@H]1O. The van der Waals surface area contributed by atoms with Gasteiger partial charge in [0.15, 0.2) is 0 Å². The van der Waals surface area contributed by atoms with Gasteiger partial charge in [-0.05, 0) is 80.4 Å². The van der Waals surface area contributed by atoms with Crippen LogP contribution in [0, 0.1) is 23.2 Å². The molecule has 1 amide bonds. The normalized spacial score (nSPS) is 31.8. The highest BCUT2D eigenvalue weighted by Gasteiger charge is 2.38. The third kappa shape index (κ3) is 5.68. The molecule has 0 aromatic heterocycles. The zero-order valence-electron chi connectivity index (χ0n) is 21.3. The number of hydrogen-bond donors (Lipinski definition) is 1. The molecule has 0 radical (unpaired) electrons. The average molecular weight is 469 g/mol. The second kappa shape index (κ2) is 10.3. The molecule has 3 fully saturated rings. The van der Waals surface area contributed by atoms with Gasteiger partial charge in [0, 0.05) is 44.1 Å². The van der Waals surface area contributed by atoms with Gasteiger partial charge in [0.2, 0.25) is 5.91 Å². The molecule has 1 aromatic carbocycles. The fraction of sp³-hybridized carbons (Fsp3) is 0.759. The van der Waals surface area contributed by atoms with Crippen LogP contribution < -0.4 is 0 Å². The first-order valence-corrected chi connectivity index (χ1v) is 13.7. The number of piperidine rings is 1. The van der Waals surface area contributed by atoms with Gasteiger partial charge in [0.1, 0.15) is 0 Å². The molecule has 188 valence electrons. The summed E-state index contributed by atoms with van der Waals surface area (Å²) in [6, 6.07) is 9.53. The van der Waals surface area contributed by atoms with Crippen LogP contribution in [0.2, 0.25) is 0 Å². The van der Waals surface area contributed by atoms with Crippen LogP contribution in [0.4, 0.5) is 0 Å². The van der Waals surface area contributed by atoms with E-state index >= 15 is 0 Å². The van der Waals surface area contributed by atoms with Crippen molar-refractivity contribution in [3.05, 3.63) is 35.4 Å². The zero-order valence-corrected chi connectivity index (χ0v) is 21.3. The number of nitrogens with zero attached hydrogens (tertiary/aromatic N) is 2. The van der Waals surface area contributed by atoms with Crippen LogP contribution in [0.1, 0.15) is 63.5 Å². The number of hydrogen-bond acceptors (Lipinski definition) is 4. The molecule has 5 nitrogen and oxygen atoms in total. The number of β-amino-alcohol motifs (C(OH)–C–C–N with tert-alkyl or cyclic N) is 1. The molecular weight excluding hydrogens is 424 g/mol. The smallest absolute Gasteiger partial charge is 0.222 e. The van der Waals surface area contributed by atoms with Crippen molar-refractivity contribution in [2.75, 3.05) is 39.4 Å². The van der Waals surface area contributed by atoms with Gasteiger partial charge in [-0.2, -0.15) is 0 Å². The Morgan fingerprint density at radius 2 is 1.74 bits per heavy atom. The van der Waals surface area contributed by atoms with Gasteiger partial charge in [-0.1, -0.05) is 38.1 Å². The van der Waals surface area contributed by atoms with Crippen LogP contribution in [-0.4, -0.2) is 72.4 Å². The fourth-order valence-electron chi connectivity index (χ4n) is 6.41. The van der Waals surface area contributed by atoms with E-state index in [2.05, 4.69) is 43.0 Å². The van der Waals surface area contributed by atoms with Crippen molar-refractivity contribution in [2.24, 2.45) is 23.2 Å². The highest BCUT2D eigenvalue weighted by molar-refractivity contribution is 5.76. The van der Waals surface area contributed by atoms with E-state index in [1.807, 2.05) is 4.90 Å². The Morgan fingerprint density at radius 3 is 2.44 bits per heavy atom. The second-order valence-electron chi connectivity index (χ2n) is 12.3. The minimum atomic E-state index is -0.558. The number of ether oxygens (including phenoxy) is 1. The summed E-state index contributed by atoms with van der Waals surface area (Å²) < 4.78 is 6.06. The first-order valence-electron chi connectivity index (χ1n) is 13.7. The van der Waals surface area contributed by atoms with E-state index < -0.39 is 6.10 Å². The summed E-state index contributed by atoms with van der Waals surface area (Å²) >= 11 is 0. The Kier molecular flexibility index (Phi) is 7.34. The summed E-state index contributed by atoms with van der Waals surface area (Å²) in [7, 11) is 0. The molecule has 2 heterocycles. The number of aliphatic hydroxyl groups is 1. The van der Waals surface area contributed by atoms with Gasteiger partial charge >= 0.3 is 0 Å². The molecule has 34 heavy (non-hydrogen) atoms. The minimum Gasteiger partial charge on any atom is -0.391 e. The summed E-state index contributed by atoms with van der Waals surface area (Å²) in [5, 5.41) is 11.0. The molecule has 2 aliphatic heterocycles. The van der Waals surface area contributed by atoms with Crippen molar-refractivity contribution in [1.29, 1.82) is 0 Å². The van der Waals surface area contributed by atoms with E-state index in [4.69, 9.17) is 4.74 Å². The number of benzene rings is 1. The van der Waals surface area contributed by atoms with E-state index in [0.29, 0.717) is 43.4 Å². The second-order valence-corrected chi connectivity index (χ2v) is 12.3. The average Bonchev–Trinajstić information content (AvgIpc) is 3.53. The fourth-order valence-corrected chi connectivity index (χ4v) is 6.41. The number of amides is 1. The summed E-state index contributed by atoms with van der Waals surface area (Å²) in [6.45, 7) is 8.87. The van der Waals surface area contributed by atoms with Crippen molar-refractivity contribution in [1.82, 2.24) is 9.80 Å². The third-order valence-electron chi connectivity index (χ3n) is 9.07. The molecule has 0 spiro atoms. The lowest BCUT2D eigenvalue weighted by Gasteiger charge is -2.42. The summed E-state index contributed by atoms with van der Waals surface area (Å²) in [5.41, 5.74) is 2.69. The quantitative estimate of drug-likeness (QED) is 0.731. The highest BCUT2D eigenvalue weighted by atomic mass is 16.5. The summed E-state index contributed by atoms with van der Waals surface area (Å²) in [5.74, 6) is 1.89. The number of fused-ring (bicyclic) bond motifs is 2. The topological polar surface area (TPSA) is 53.0 Å². The van der Waals surface area contributed by atoms with Crippen LogP contribution >= 0.6 is 0 Å². The zero-order chi connectivity index (χ0) is 23.7. The third-order valence-corrected chi connectivity index (χ3v) is 9.07. The highest BCUT2D eigenvalue weighted by Crippen LogP contribution is 2.36. The number of rotatable bonds is 3. The molecule has 5 rings (SSSR count).